The van der Waals surface area contributed by atoms with Crippen LogP contribution in [0.4, 0.5) is 0 Å². The smallest absolute Gasteiger partial charge is 0.219 e. The van der Waals surface area contributed by atoms with Gasteiger partial charge in [-0.2, -0.15) is 10.5 Å². The molecule has 0 amide bonds. The third-order valence-electron chi connectivity index (χ3n) is 1.85. The molecule has 0 saturated heterocycles. The van der Waals surface area contributed by atoms with Gasteiger partial charge < -0.3 is 4.98 Å². The van der Waals surface area contributed by atoms with Crippen LogP contribution in [0.2, 0.25) is 0 Å². The highest BCUT2D eigenvalue weighted by Crippen LogP contribution is 2.10. The zero-order valence-electron chi connectivity index (χ0n) is 7.99. The van der Waals surface area contributed by atoms with Gasteiger partial charge in [0.15, 0.2) is 5.92 Å². The fraction of sp³-hybridized carbons (Fsp3) is 0.111. The van der Waals surface area contributed by atoms with Crippen LogP contribution in [-0.2, 0) is 0 Å². The largest absolute Gasteiger partial charge is 0.359 e. The summed E-state index contributed by atoms with van der Waals surface area (Å²) in [5.74, 6) is -0.693. The topological polar surface area (TPSA) is 115 Å². The van der Waals surface area contributed by atoms with Gasteiger partial charge in [-0.15, -0.1) is 20.4 Å². The lowest BCUT2D eigenvalue weighted by atomic mass is 10.2. The monoisotopic (exact) mass is 211 g/mol. The van der Waals surface area contributed by atoms with Crippen molar-refractivity contribution in [2.24, 2.45) is 0 Å². The van der Waals surface area contributed by atoms with Gasteiger partial charge in [-0.3, -0.25) is 0 Å². The highest BCUT2D eigenvalue weighted by Gasteiger charge is 2.14. The van der Waals surface area contributed by atoms with Gasteiger partial charge in [0.2, 0.25) is 11.6 Å². The van der Waals surface area contributed by atoms with Gasteiger partial charge in [0.05, 0.1) is 17.8 Å². The van der Waals surface area contributed by atoms with E-state index >= 15 is 0 Å². The van der Waals surface area contributed by atoms with Crippen molar-refractivity contribution in [1.82, 2.24) is 25.4 Å². The van der Waals surface area contributed by atoms with Crippen LogP contribution in [0.5, 0.6) is 0 Å². The first-order chi connectivity index (χ1) is 7.85. The van der Waals surface area contributed by atoms with Crippen LogP contribution in [0.1, 0.15) is 11.7 Å². The second kappa shape index (κ2) is 4.15. The predicted octanol–water partition coefficient (Wildman–Crippen LogP) is 0.392. The molecule has 0 spiro atoms. The average molecular weight is 211 g/mol. The molecule has 2 aromatic rings. The molecule has 0 radical (unpaired) electrons. The summed E-state index contributed by atoms with van der Waals surface area (Å²) in [5, 5.41) is 32.2. The van der Waals surface area contributed by atoms with Gasteiger partial charge in [-0.1, -0.05) is 0 Å². The highest BCUT2D eigenvalue weighted by atomic mass is 15.3. The van der Waals surface area contributed by atoms with Crippen molar-refractivity contribution in [3.8, 4) is 23.7 Å². The summed E-state index contributed by atoms with van der Waals surface area (Å²) in [7, 11) is 0. The average Bonchev–Trinajstić information content (AvgIpc) is 2.85. The van der Waals surface area contributed by atoms with Crippen molar-refractivity contribution >= 4 is 0 Å². The van der Waals surface area contributed by atoms with Crippen LogP contribution in [0.25, 0.3) is 11.5 Å². The summed E-state index contributed by atoms with van der Waals surface area (Å²) in [5.41, 5.74) is 0.678. The number of H-pyrrole nitrogens is 1. The lowest BCUT2D eigenvalue weighted by Crippen LogP contribution is -2.06. The molecule has 0 unspecified atom stereocenters. The maximum atomic E-state index is 8.62. The number of nitrogens with one attached hydrogen (secondary N) is 1. The summed E-state index contributed by atoms with van der Waals surface area (Å²) in [6.45, 7) is 0. The molecule has 0 aliphatic heterocycles. The number of hydrogen-bond donors (Lipinski definition) is 1. The van der Waals surface area contributed by atoms with Crippen LogP contribution >= 0.6 is 0 Å². The minimum atomic E-state index is -1.03. The molecule has 2 heterocycles. The molecule has 7 heteroatoms. The molecular weight excluding hydrogens is 206 g/mol. The Labute approximate surface area is 90.4 Å². The Morgan fingerprint density at radius 1 is 1.12 bits per heavy atom. The third kappa shape index (κ3) is 1.70. The first-order valence-electron chi connectivity index (χ1n) is 4.35. The molecular formula is C9H5N7. The minimum absolute atomic E-state index is 0.0142. The van der Waals surface area contributed by atoms with Crippen LogP contribution in [0.15, 0.2) is 18.3 Å². The molecule has 2 rings (SSSR count). The zero-order chi connectivity index (χ0) is 11.4. The van der Waals surface area contributed by atoms with Gasteiger partial charge in [0, 0.05) is 6.20 Å². The van der Waals surface area contributed by atoms with Crippen molar-refractivity contribution in [1.29, 1.82) is 10.5 Å². The normalized spacial score (nSPS) is 9.69. The van der Waals surface area contributed by atoms with E-state index < -0.39 is 5.92 Å². The molecule has 0 fully saturated rings. The first-order valence-corrected chi connectivity index (χ1v) is 4.35. The van der Waals surface area contributed by atoms with E-state index in [1.165, 1.54) is 0 Å². The summed E-state index contributed by atoms with van der Waals surface area (Å²) < 4.78 is 0. The van der Waals surface area contributed by atoms with E-state index in [-0.39, 0.29) is 5.82 Å². The van der Waals surface area contributed by atoms with E-state index in [1.54, 1.807) is 30.5 Å². The number of aromatic nitrogens is 5. The molecule has 0 aliphatic rings. The van der Waals surface area contributed by atoms with Crippen LogP contribution < -0.4 is 0 Å². The Bertz CT molecular complexity index is 529. The maximum Gasteiger partial charge on any atom is 0.219 e. The zero-order valence-corrected chi connectivity index (χ0v) is 7.99. The van der Waals surface area contributed by atoms with E-state index in [0.29, 0.717) is 11.5 Å². The van der Waals surface area contributed by atoms with Gasteiger partial charge in [0.1, 0.15) is 0 Å². The summed E-state index contributed by atoms with van der Waals surface area (Å²) in [4.78, 5) is 2.90. The number of rotatable bonds is 2. The molecule has 2 aromatic heterocycles. The molecule has 16 heavy (non-hydrogen) atoms. The van der Waals surface area contributed by atoms with Gasteiger partial charge in [-0.05, 0) is 12.1 Å². The van der Waals surface area contributed by atoms with Crippen LogP contribution in [0, 0.1) is 22.7 Å². The maximum absolute atomic E-state index is 8.62. The van der Waals surface area contributed by atoms with Crippen molar-refractivity contribution in [2.75, 3.05) is 0 Å². The van der Waals surface area contributed by atoms with Gasteiger partial charge >= 0.3 is 0 Å². The molecule has 0 saturated carbocycles. The Hall–Kier alpha value is -2.80. The third-order valence-corrected chi connectivity index (χ3v) is 1.85. The molecule has 7 nitrogen and oxygen atoms in total. The second-order valence-corrected chi connectivity index (χ2v) is 2.86. The van der Waals surface area contributed by atoms with Crippen molar-refractivity contribution in [2.45, 2.75) is 5.92 Å². The van der Waals surface area contributed by atoms with E-state index in [2.05, 4.69) is 25.4 Å². The van der Waals surface area contributed by atoms with Gasteiger partial charge in [-0.25, -0.2) is 0 Å². The van der Waals surface area contributed by atoms with Crippen molar-refractivity contribution in [3.63, 3.8) is 0 Å². The SMILES string of the molecule is N#CC(C#N)c1nnc(-c2ccc[nH]2)nn1. The Kier molecular flexibility index (Phi) is 2.53. The van der Waals surface area contributed by atoms with E-state index in [4.69, 9.17) is 10.5 Å². The number of nitrogens with zero attached hydrogens (tertiary/aromatic N) is 6. The van der Waals surface area contributed by atoms with Gasteiger partial charge in [0.25, 0.3) is 0 Å². The lowest BCUT2D eigenvalue weighted by Gasteiger charge is -1.97. The Morgan fingerprint density at radius 3 is 2.31 bits per heavy atom. The quantitative estimate of drug-likeness (QED) is 0.768. The van der Waals surface area contributed by atoms with E-state index in [0.717, 1.165) is 0 Å². The fourth-order valence-corrected chi connectivity index (χ4v) is 1.07. The second-order valence-electron chi connectivity index (χ2n) is 2.86. The summed E-state index contributed by atoms with van der Waals surface area (Å²) >= 11 is 0. The van der Waals surface area contributed by atoms with Crippen LogP contribution in [0.3, 0.4) is 0 Å². The summed E-state index contributed by atoms with van der Waals surface area (Å²) in [6.07, 6.45) is 1.72. The molecule has 0 atom stereocenters. The number of aromatic amines is 1. The predicted molar refractivity (Wildman–Crippen MR) is 51.4 cm³/mol. The molecule has 76 valence electrons. The van der Waals surface area contributed by atoms with Crippen LogP contribution in [-0.4, -0.2) is 25.4 Å². The standard InChI is InChI=1S/C9H5N7/c10-4-6(5-11)8-13-15-9(16-14-8)7-2-1-3-12-7/h1-3,6,12H. The molecule has 0 aromatic carbocycles. The Morgan fingerprint density at radius 2 is 1.81 bits per heavy atom. The van der Waals surface area contributed by atoms with Crippen molar-refractivity contribution in [3.05, 3.63) is 24.2 Å². The molecule has 1 N–H and O–H groups in total. The fourth-order valence-electron chi connectivity index (χ4n) is 1.07. The first kappa shape index (κ1) is 9.74. The van der Waals surface area contributed by atoms with Crippen molar-refractivity contribution < 1.29 is 0 Å². The van der Waals surface area contributed by atoms with E-state index in [9.17, 15) is 0 Å². The number of hydrogen-bond acceptors (Lipinski definition) is 6. The summed E-state index contributed by atoms with van der Waals surface area (Å²) in [6, 6.07) is 7.06. The molecule has 0 bridgehead atoms. The minimum Gasteiger partial charge on any atom is -0.359 e. The highest BCUT2D eigenvalue weighted by molar-refractivity contribution is 5.47. The lowest BCUT2D eigenvalue weighted by molar-refractivity contribution is 0.767. The van der Waals surface area contributed by atoms with E-state index in [1.807, 2.05) is 0 Å². The molecule has 0 aliphatic carbocycles. The number of nitriles is 2. The Balaban J connectivity index is 2.31.